The van der Waals surface area contributed by atoms with Gasteiger partial charge in [-0.1, -0.05) is 109 Å². The van der Waals surface area contributed by atoms with Gasteiger partial charge in [-0.05, 0) is 185 Å². The lowest BCUT2D eigenvalue weighted by Gasteiger charge is -2.29. The van der Waals surface area contributed by atoms with E-state index in [1.165, 1.54) is 41.0 Å². The third-order valence-electron chi connectivity index (χ3n) is 14.3. The number of benzene rings is 7. The van der Waals surface area contributed by atoms with Gasteiger partial charge in [0, 0.05) is 38.8 Å². The average molecular weight is 1070 g/mol. The van der Waals surface area contributed by atoms with Gasteiger partial charge in [0.05, 0.1) is 13.2 Å². The lowest BCUT2D eigenvalue weighted by atomic mass is 10.0. The van der Waals surface area contributed by atoms with Gasteiger partial charge in [0.15, 0.2) is 11.2 Å². The quantitative estimate of drug-likeness (QED) is 0.0671. The van der Waals surface area contributed by atoms with Crippen molar-refractivity contribution in [2.45, 2.75) is 136 Å². The van der Waals surface area contributed by atoms with Crippen LogP contribution in [0.2, 0.25) is 0 Å². The number of carboxylic acids is 1. The van der Waals surface area contributed by atoms with Crippen LogP contribution in [-0.2, 0) is 46.8 Å². The number of aliphatic carboxylic acids is 1. The van der Waals surface area contributed by atoms with Crippen LogP contribution < -0.4 is 19.5 Å². The van der Waals surface area contributed by atoms with E-state index in [4.69, 9.17) is 18.9 Å². The molecule has 0 aliphatic carbocycles. The number of nitrogens with zero attached hydrogens (tertiary/aromatic N) is 3. The molecule has 2 unspecified atom stereocenters. The van der Waals surface area contributed by atoms with E-state index in [1.54, 1.807) is 21.0 Å². The van der Waals surface area contributed by atoms with Crippen molar-refractivity contribution >= 4 is 45.5 Å². The van der Waals surface area contributed by atoms with Gasteiger partial charge in [-0.15, -0.1) is 0 Å². The number of fused-ring (bicyclic) bond motifs is 2. The number of aryl methyl sites for hydroxylation is 2. The van der Waals surface area contributed by atoms with Crippen molar-refractivity contribution in [3.05, 3.63) is 186 Å². The number of amides is 4. The van der Waals surface area contributed by atoms with E-state index in [1.807, 2.05) is 133 Å². The fourth-order valence-electron chi connectivity index (χ4n) is 9.97. The van der Waals surface area contributed by atoms with Crippen molar-refractivity contribution in [2.24, 2.45) is 0 Å². The molecule has 79 heavy (non-hydrogen) atoms. The Morgan fingerprint density at radius 3 is 1.53 bits per heavy atom. The van der Waals surface area contributed by atoms with E-state index < -0.39 is 28.7 Å². The standard InChI is InChI=1S/C39H46N2O5.C27H30N2O4/c1-38(2,3)46-36(42)39(4,5)45-35-22-15-28(16-23-35)10-9-13-33-27-40(25-30-14-19-31-11-7-8-12-32(31)24-30)37(43)41(33)26-29-17-20-34(44-6)21-18-29;1-27(2,25(30)31)33-24-14-11-19(12-15-24)6-5-9-23-18-29(26(32)28-23)17-20-10-13-21-7-3-4-8-22(21)16-20/h7-8,11-12,14-24,33H,9-10,13,25-27H2,1-6H3;3-4,7-8,10-16,23H,5-6,9,17-18H2,1-2H3,(H,28,32)(H,30,31). The molecule has 0 radical (unpaired) electrons. The Balaban J connectivity index is 0.000000220. The van der Waals surface area contributed by atoms with Crippen LogP contribution in [0, 0.1) is 0 Å². The van der Waals surface area contributed by atoms with Crippen LogP contribution in [0.1, 0.15) is 102 Å². The Morgan fingerprint density at radius 1 is 0.544 bits per heavy atom. The molecule has 0 saturated carbocycles. The average Bonchev–Trinajstić information content (AvgIpc) is 4.00. The normalized spacial score (nSPS) is 15.7. The van der Waals surface area contributed by atoms with Crippen LogP contribution in [0.25, 0.3) is 21.5 Å². The lowest BCUT2D eigenvalue weighted by Crippen LogP contribution is -2.43. The fraction of sp³-hybridized carbons (Fsp3) is 0.364. The molecule has 2 heterocycles. The number of ether oxygens (including phenoxy) is 4. The van der Waals surface area contributed by atoms with Crippen molar-refractivity contribution in [1.82, 2.24) is 20.0 Å². The number of methoxy groups -OCH3 is 1. The number of urea groups is 2. The summed E-state index contributed by atoms with van der Waals surface area (Å²) in [5.74, 6) is 0.564. The van der Waals surface area contributed by atoms with E-state index >= 15 is 0 Å². The molecule has 0 bridgehead atoms. The molecule has 2 atom stereocenters. The third-order valence-corrected chi connectivity index (χ3v) is 14.3. The zero-order chi connectivity index (χ0) is 56.3. The minimum atomic E-state index is -1.26. The van der Waals surface area contributed by atoms with Crippen LogP contribution in [0.5, 0.6) is 17.2 Å². The minimum absolute atomic E-state index is 0.00398. The summed E-state index contributed by atoms with van der Waals surface area (Å²) in [6, 6.07) is 53.1. The molecule has 2 fully saturated rings. The highest BCUT2D eigenvalue weighted by molar-refractivity contribution is 5.85. The summed E-state index contributed by atoms with van der Waals surface area (Å²) >= 11 is 0. The van der Waals surface area contributed by atoms with Crippen LogP contribution >= 0.6 is 0 Å². The molecule has 2 aliphatic heterocycles. The predicted octanol–water partition coefficient (Wildman–Crippen LogP) is 13.2. The second kappa shape index (κ2) is 25.2. The monoisotopic (exact) mass is 1070 g/mol. The van der Waals surface area contributed by atoms with Gasteiger partial charge in [-0.3, -0.25) is 0 Å². The number of esters is 1. The zero-order valence-corrected chi connectivity index (χ0v) is 47.0. The molecule has 13 nitrogen and oxygen atoms in total. The van der Waals surface area contributed by atoms with E-state index in [-0.39, 0.29) is 24.1 Å². The minimum Gasteiger partial charge on any atom is -0.497 e. The van der Waals surface area contributed by atoms with Gasteiger partial charge in [-0.2, -0.15) is 0 Å². The molecule has 0 spiro atoms. The first kappa shape index (κ1) is 57.1. The van der Waals surface area contributed by atoms with E-state index in [0.29, 0.717) is 44.2 Å². The summed E-state index contributed by atoms with van der Waals surface area (Å²) in [6.45, 7) is 15.2. The van der Waals surface area contributed by atoms with E-state index in [9.17, 15) is 24.3 Å². The smallest absolute Gasteiger partial charge is 0.350 e. The topological polar surface area (TPSA) is 147 Å². The molecule has 13 heteroatoms. The maximum atomic E-state index is 13.8. The van der Waals surface area contributed by atoms with Crippen molar-refractivity contribution in [3.8, 4) is 17.2 Å². The highest BCUT2D eigenvalue weighted by Gasteiger charge is 2.38. The van der Waals surface area contributed by atoms with Crippen molar-refractivity contribution in [3.63, 3.8) is 0 Å². The first-order chi connectivity index (χ1) is 37.7. The summed E-state index contributed by atoms with van der Waals surface area (Å²) in [5, 5.41) is 17.1. The molecule has 2 N–H and O–H groups in total. The van der Waals surface area contributed by atoms with Gasteiger partial charge >= 0.3 is 24.0 Å². The van der Waals surface area contributed by atoms with Gasteiger partial charge < -0.3 is 44.1 Å². The molecular weight excluding hydrogens is 993 g/mol. The second-order valence-corrected chi connectivity index (χ2v) is 22.8. The van der Waals surface area contributed by atoms with Gasteiger partial charge in [-0.25, -0.2) is 19.2 Å². The van der Waals surface area contributed by atoms with Crippen molar-refractivity contribution in [1.29, 1.82) is 0 Å². The van der Waals surface area contributed by atoms with E-state index in [2.05, 4.69) is 66.0 Å². The summed E-state index contributed by atoms with van der Waals surface area (Å²) < 4.78 is 22.4. The molecule has 9 rings (SSSR count). The first-order valence-electron chi connectivity index (χ1n) is 27.4. The number of hydrogen-bond donors (Lipinski definition) is 2. The van der Waals surface area contributed by atoms with Crippen molar-refractivity contribution < 1.29 is 43.2 Å². The summed E-state index contributed by atoms with van der Waals surface area (Å²) in [6.07, 6.45) is 5.45. The molecule has 2 saturated heterocycles. The second-order valence-electron chi connectivity index (χ2n) is 22.8. The number of carbonyl (C=O) groups is 4. The number of carboxylic acid groups (broad SMARTS) is 1. The molecule has 7 aromatic carbocycles. The third kappa shape index (κ3) is 15.8. The number of nitrogens with one attached hydrogen (secondary N) is 1. The highest BCUT2D eigenvalue weighted by atomic mass is 16.6. The first-order valence-corrected chi connectivity index (χ1v) is 27.4. The Hall–Kier alpha value is -8.06. The Kier molecular flexibility index (Phi) is 18.2. The van der Waals surface area contributed by atoms with Crippen LogP contribution in [-0.4, -0.2) is 92.9 Å². The number of rotatable bonds is 21. The Labute approximate surface area is 465 Å². The number of carbonyl (C=O) groups excluding carboxylic acids is 3. The molecule has 4 amide bonds. The van der Waals surface area contributed by atoms with Crippen LogP contribution in [0.15, 0.2) is 158 Å². The van der Waals surface area contributed by atoms with Crippen LogP contribution in [0.3, 0.4) is 0 Å². The van der Waals surface area contributed by atoms with Crippen LogP contribution in [0.4, 0.5) is 9.59 Å². The number of hydrogen-bond acceptors (Lipinski definition) is 8. The highest BCUT2D eigenvalue weighted by Crippen LogP contribution is 2.29. The largest absolute Gasteiger partial charge is 0.497 e. The Bertz CT molecular complexity index is 3200. The SMILES string of the molecule is CC(C)(Oc1ccc(CCCC2CN(Cc3ccc4ccccc4c3)C(=O)N2)cc1)C(=O)O.COc1ccc(CN2C(=O)N(Cc3ccc4ccccc4c3)CC2CCCc2ccc(OC(C)(C)C(=O)OC(C)(C)C)cc2)cc1. The fourth-order valence-corrected chi connectivity index (χ4v) is 9.97. The Morgan fingerprint density at radius 2 is 1.01 bits per heavy atom. The molecule has 414 valence electrons. The lowest BCUT2D eigenvalue weighted by molar-refractivity contribution is -0.171. The molecule has 7 aromatic rings. The zero-order valence-electron chi connectivity index (χ0n) is 47.0. The maximum absolute atomic E-state index is 13.8. The van der Waals surface area contributed by atoms with Gasteiger partial charge in [0.1, 0.15) is 22.8 Å². The molecule has 0 aromatic heterocycles. The van der Waals surface area contributed by atoms with Gasteiger partial charge in [0.2, 0.25) is 0 Å². The van der Waals surface area contributed by atoms with Gasteiger partial charge in [0.25, 0.3) is 0 Å². The van der Waals surface area contributed by atoms with Crippen molar-refractivity contribution in [2.75, 3.05) is 20.2 Å². The predicted molar refractivity (Wildman–Crippen MR) is 310 cm³/mol. The summed E-state index contributed by atoms with van der Waals surface area (Å²) in [5.41, 5.74) is 2.75. The maximum Gasteiger partial charge on any atom is 0.350 e. The van der Waals surface area contributed by atoms with E-state index in [0.717, 1.165) is 66.5 Å². The molecular formula is C66H76N4O9. The summed E-state index contributed by atoms with van der Waals surface area (Å²) in [7, 11) is 1.66. The summed E-state index contributed by atoms with van der Waals surface area (Å²) in [4.78, 5) is 55.9. The molecule has 2 aliphatic rings.